The molecule has 2 N–H and O–H groups in total. The van der Waals surface area contributed by atoms with Crippen molar-refractivity contribution in [2.45, 2.75) is 19.9 Å². The summed E-state index contributed by atoms with van der Waals surface area (Å²) >= 11 is 0. The number of hydrogen-bond donors (Lipinski definition) is 2. The lowest BCUT2D eigenvalue weighted by molar-refractivity contribution is 0.141. The van der Waals surface area contributed by atoms with Crippen LogP contribution in [0.3, 0.4) is 0 Å². The number of hydrogen-bond acceptors (Lipinski definition) is 3. The molecule has 0 unspecified atom stereocenters. The molecule has 0 aromatic rings. The van der Waals surface area contributed by atoms with Gasteiger partial charge in [0.25, 0.3) is 0 Å². The summed E-state index contributed by atoms with van der Waals surface area (Å²) in [6.07, 6.45) is 0.462. The SMILES string of the molecule is COC(=O)NN(C=N)C(C)C. The Bertz CT molecular complexity index is 147. The van der Waals surface area contributed by atoms with E-state index >= 15 is 0 Å². The van der Waals surface area contributed by atoms with E-state index in [4.69, 9.17) is 5.41 Å². The molecule has 0 fully saturated rings. The predicted molar refractivity (Wildman–Crippen MR) is 41.3 cm³/mol. The highest BCUT2D eigenvalue weighted by molar-refractivity contribution is 5.69. The number of carbonyl (C=O) groups excluding carboxylic acids is 1. The molecule has 0 atom stereocenters. The van der Waals surface area contributed by atoms with Crippen LogP contribution in [0.25, 0.3) is 0 Å². The fraction of sp³-hybridized carbons (Fsp3) is 0.667. The molecule has 1 amide bonds. The molecular weight excluding hydrogens is 146 g/mol. The Morgan fingerprint density at radius 2 is 2.27 bits per heavy atom. The van der Waals surface area contributed by atoms with Crippen LogP contribution in [0, 0.1) is 5.41 Å². The lowest BCUT2D eigenvalue weighted by Crippen LogP contribution is -2.45. The van der Waals surface area contributed by atoms with Crippen molar-refractivity contribution < 1.29 is 9.53 Å². The number of carbonyl (C=O) groups is 1. The van der Waals surface area contributed by atoms with E-state index in [0.29, 0.717) is 0 Å². The molecule has 0 aliphatic rings. The van der Waals surface area contributed by atoms with Crippen molar-refractivity contribution in [1.82, 2.24) is 10.4 Å². The van der Waals surface area contributed by atoms with Crippen molar-refractivity contribution >= 4 is 12.4 Å². The van der Waals surface area contributed by atoms with Crippen molar-refractivity contribution in [2.75, 3.05) is 7.11 Å². The van der Waals surface area contributed by atoms with Gasteiger partial charge >= 0.3 is 6.09 Å². The Morgan fingerprint density at radius 1 is 1.73 bits per heavy atom. The lowest BCUT2D eigenvalue weighted by atomic mass is 10.4. The number of amides is 1. The summed E-state index contributed by atoms with van der Waals surface area (Å²) in [6.45, 7) is 3.70. The molecule has 0 bridgehead atoms. The Hall–Kier alpha value is -1.26. The Morgan fingerprint density at radius 3 is 2.55 bits per heavy atom. The van der Waals surface area contributed by atoms with Gasteiger partial charge in [-0.2, -0.15) is 0 Å². The molecule has 5 nitrogen and oxygen atoms in total. The molecule has 0 aliphatic heterocycles. The van der Waals surface area contributed by atoms with Gasteiger partial charge in [0.15, 0.2) is 0 Å². The van der Waals surface area contributed by atoms with Crippen molar-refractivity contribution in [1.29, 1.82) is 5.41 Å². The van der Waals surface area contributed by atoms with E-state index in [1.807, 2.05) is 13.8 Å². The van der Waals surface area contributed by atoms with Gasteiger partial charge in [0.2, 0.25) is 0 Å². The maximum absolute atomic E-state index is 10.6. The molecule has 0 rings (SSSR count). The molecule has 0 aromatic heterocycles. The zero-order valence-electron chi connectivity index (χ0n) is 6.92. The predicted octanol–water partition coefficient (Wildman–Crippen LogP) is 0.575. The first-order valence-corrected chi connectivity index (χ1v) is 3.25. The Balaban J connectivity index is 3.87. The Labute approximate surface area is 65.8 Å². The zero-order valence-corrected chi connectivity index (χ0v) is 6.92. The first-order valence-electron chi connectivity index (χ1n) is 3.25. The standard InChI is InChI=1S/C6H13N3O2/c1-5(2)9(4-7)8-6(10)11-3/h4-5,7H,1-3H3,(H,8,10). The normalized spacial score (nSPS) is 9.09. The molecule has 0 aliphatic carbocycles. The van der Waals surface area contributed by atoms with Gasteiger partial charge in [-0.25, -0.2) is 10.2 Å². The van der Waals surface area contributed by atoms with Crippen molar-refractivity contribution in [3.05, 3.63) is 0 Å². The summed E-state index contributed by atoms with van der Waals surface area (Å²) in [6, 6.07) is 0.0478. The highest BCUT2D eigenvalue weighted by Gasteiger charge is 2.07. The van der Waals surface area contributed by atoms with Gasteiger partial charge in [0.05, 0.1) is 7.11 Å². The third kappa shape index (κ3) is 3.44. The smallest absolute Gasteiger partial charge is 0.425 e. The van der Waals surface area contributed by atoms with Crippen LogP contribution in [-0.4, -0.2) is 30.6 Å². The lowest BCUT2D eigenvalue weighted by Gasteiger charge is -2.22. The van der Waals surface area contributed by atoms with E-state index in [2.05, 4.69) is 10.2 Å². The van der Waals surface area contributed by atoms with Crippen LogP contribution in [-0.2, 0) is 4.74 Å². The summed E-state index contributed by atoms with van der Waals surface area (Å²) < 4.78 is 4.34. The van der Waals surface area contributed by atoms with Crippen LogP contribution in [0.5, 0.6) is 0 Å². The second-order valence-corrected chi connectivity index (χ2v) is 2.23. The molecular formula is C6H13N3O2. The molecule has 11 heavy (non-hydrogen) atoms. The number of nitrogens with one attached hydrogen (secondary N) is 2. The zero-order chi connectivity index (χ0) is 8.85. The second kappa shape index (κ2) is 4.54. The molecule has 0 heterocycles. The maximum atomic E-state index is 10.6. The van der Waals surface area contributed by atoms with Crippen LogP contribution >= 0.6 is 0 Å². The largest absolute Gasteiger partial charge is 0.452 e. The number of rotatable bonds is 3. The van der Waals surface area contributed by atoms with E-state index in [-0.39, 0.29) is 6.04 Å². The van der Waals surface area contributed by atoms with Gasteiger partial charge in [0, 0.05) is 6.04 Å². The average molecular weight is 159 g/mol. The fourth-order valence-corrected chi connectivity index (χ4v) is 0.461. The molecule has 0 radical (unpaired) electrons. The van der Waals surface area contributed by atoms with Crippen LogP contribution in [0.1, 0.15) is 13.8 Å². The van der Waals surface area contributed by atoms with Crippen molar-refractivity contribution in [3.8, 4) is 0 Å². The molecule has 5 heteroatoms. The van der Waals surface area contributed by atoms with E-state index < -0.39 is 6.09 Å². The van der Waals surface area contributed by atoms with E-state index in [1.54, 1.807) is 0 Å². The molecule has 0 saturated heterocycles. The summed E-state index contributed by atoms with van der Waals surface area (Å²) in [5.41, 5.74) is 2.34. The van der Waals surface area contributed by atoms with Gasteiger partial charge in [-0.3, -0.25) is 10.4 Å². The minimum atomic E-state index is -0.567. The first kappa shape index (κ1) is 9.74. The number of ether oxygens (including phenoxy) is 1. The van der Waals surface area contributed by atoms with Gasteiger partial charge in [-0.15, -0.1) is 0 Å². The van der Waals surface area contributed by atoms with E-state index in [9.17, 15) is 4.79 Å². The van der Waals surface area contributed by atoms with Crippen molar-refractivity contribution in [3.63, 3.8) is 0 Å². The highest BCUT2D eigenvalue weighted by atomic mass is 16.5. The van der Waals surface area contributed by atoms with Gasteiger partial charge in [-0.1, -0.05) is 0 Å². The summed E-state index contributed by atoms with van der Waals surface area (Å²) in [7, 11) is 1.28. The minimum absolute atomic E-state index is 0.0478. The summed E-state index contributed by atoms with van der Waals surface area (Å²) in [5, 5.41) is 8.23. The quantitative estimate of drug-likeness (QED) is 0.359. The fourth-order valence-electron chi connectivity index (χ4n) is 0.461. The first-order chi connectivity index (χ1) is 5.11. The topological polar surface area (TPSA) is 65.4 Å². The second-order valence-electron chi connectivity index (χ2n) is 2.23. The maximum Gasteiger partial charge on any atom is 0.425 e. The number of nitrogens with zero attached hydrogens (tertiary/aromatic N) is 1. The van der Waals surface area contributed by atoms with E-state index in [1.165, 1.54) is 12.1 Å². The molecule has 64 valence electrons. The molecule has 0 saturated carbocycles. The van der Waals surface area contributed by atoms with Crippen LogP contribution < -0.4 is 5.43 Å². The van der Waals surface area contributed by atoms with Crippen molar-refractivity contribution in [2.24, 2.45) is 0 Å². The third-order valence-electron chi connectivity index (χ3n) is 1.10. The summed E-state index contributed by atoms with van der Waals surface area (Å²) in [5.74, 6) is 0. The number of hydrazine groups is 1. The Kier molecular flexibility index (Phi) is 4.02. The minimum Gasteiger partial charge on any atom is -0.452 e. The number of methoxy groups -OCH3 is 1. The highest BCUT2D eigenvalue weighted by Crippen LogP contribution is 1.88. The molecule has 0 spiro atoms. The van der Waals surface area contributed by atoms with Gasteiger partial charge in [0.1, 0.15) is 6.34 Å². The van der Waals surface area contributed by atoms with Crippen LogP contribution in [0.2, 0.25) is 0 Å². The summed E-state index contributed by atoms with van der Waals surface area (Å²) in [4.78, 5) is 10.6. The van der Waals surface area contributed by atoms with Gasteiger partial charge in [-0.05, 0) is 13.8 Å². The molecule has 0 aromatic carbocycles. The van der Waals surface area contributed by atoms with Gasteiger partial charge < -0.3 is 4.74 Å². The monoisotopic (exact) mass is 159 g/mol. The van der Waals surface area contributed by atoms with E-state index in [0.717, 1.165) is 6.34 Å². The average Bonchev–Trinajstić information content (AvgIpc) is 1.99. The van der Waals surface area contributed by atoms with Crippen LogP contribution in [0.15, 0.2) is 0 Å². The third-order valence-corrected chi connectivity index (χ3v) is 1.10. The van der Waals surface area contributed by atoms with Crippen LogP contribution in [0.4, 0.5) is 4.79 Å².